The predicted molar refractivity (Wildman–Crippen MR) is 28.0 cm³/mol. The molecule has 1 N–H and O–H groups in total. The highest BCUT2D eigenvalue weighted by atomic mass is 32.3. The van der Waals surface area contributed by atoms with Crippen molar-refractivity contribution in [3.63, 3.8) is 0 Å². The van der Waals surface area contributed by atoms with Gasteiger partial charge in [-0.25, -0.2) is 0 Å². The van der Waals surface area contributed by atoms with Crippen LogP contribution < -0.4 is 0 Å². The normalized spacial score (nSPS) is 16.5. The molecule has 0 amide bonds. The van der Waals surface area contributed by atoms with Crippen LogP contribution in [0, 0.1) is 0 Å². The van der Waals surface area contributed by atoms with E-state index < -0.39 is 21.8 Å². The Hall–Kier alpha value is -0.340. The number of aliphatic hydroxyl groups excluding tert-OH is 1. The summed E-state index contributed by atoms with van der Waals surface area (Å²) in [7, 11) is -5.51. The Morgan fingerprint density at radius 2 is 1.91 bits per heavy atom. The topological polar surface area (TPSA) is 63.6 Å². The average Bonchev–Trinajstić information content (AvgIpc) is 1.83. The van der Waals surface area contributed by atoms with Gasteiger partial charge in [0.1, 0.15) is 0 Å². The molecule has 0 rings (SSSR count). The molecule has 68 valence electrons. The lowest BCUT2D eigenvalue weighted by Gasteiger charge is -2.15. The van der Waals surface area contributed by atoms with Gasteiger partial charge in [0.2, 0.25) is 6.29 Å². The van der Waals surface area contributed by atoms with Crippen LogP contribution >= 0.6 is 0 Å². The number of halogens is 3. The van der Waals surface area contributed by atoms with Gasteiger partial charge < -0.3 is 9.84 Å². The van der Waals surface area contributed by atoms with Crippen LogP contribution in [0.3, 0.4) is 0 Å². The highest BCUT2D eigenvalue weighted by Gasteiger charge is 2.53. The number of hydrogen-bond acceptors (Lipinski definition) is 4. The summed E-state index contributed by atoms with van der Waals surface area (Å²) in [5.74, 6) is 0. The lowest BCUT2D eigenvalue weighted by atomic mass is 10.7. The van der Waals surface area contributed by atoms with Crippen molar-refractivity contribution < 1.29 is 30.9 Å². The predicted octanol–water partition coefficient (Wildman–Crippen LogP) is -0.157. The summed E-state index contributed by atoms with van der Waals surface area (Å²) in [6.45, 7) is 0. The molecular weight excluding hydrogens is 189 g/mol. The van der Waals surface area contributed by atoms with Crippen LogP contribution in [-0.4, -0.2) is 32.2 Å². The van der Waals surface area contributed by atoms with Crippen molar-refractivity contribution in [3.05, 3.63) is 0 Å². The first-order chi connectivity index (χ1) is 4.73. The van der Waals surface area contributed by atoms with Gasteiger partial charge in [-0.1, -0.05) is 3.89 Å². The van der Waals surface area contributed by atoms with Crippen molar-refractivity contribution >= 4 is 10.2 Å². The lowest BCUT2D eigenvalue weighted by Crippen LogP contribution is -2.40. The first kappa shape index (κ1) is 10.7. The van der Waals surface area contributed by atoms with Gasteiger partial charge in [-0.3, -0.25) is 0 Å². The molecule has 0 aliphatic rings. The minimum atomic E-state index is -6.12. The molecule has 0 aromatic heterocycles. The maximum atomic E-state index is 12.0. The summed E-state index contributed by atoms with van der Waals surface area (Å²) >= 11 is 0. The molecule has 1 unspecified atom stereocenters. The van der Waals surface area contributed by atoms with Gasteiger partial charge in [0.15, 0.2) is 0 Å². The standard InChI is InChI=1S/C3H5F3O4S/c1-10-2(7)3(4,5)11(6,8)9/h2,7H,1H3. The first-order valence-electron chi connectivity index (χ1n) is 2.26. The molecular formula is C3H5F3O4S. The summed E-state index contributed by atoms with van der Waals surface area (Å²) in [6, 6.07) is 0. The molecule has 0 bridgehead atoms. The number of hydrogen-bond donors (Lipinski definition) is 1. The molecule has 1 atom stereocenters. The first-order valence-corrected chi connectivity index (χ1v) is 3.64. The highest BCUT2D eigenvalue weighted by molar-refractivity contribution is 7.87. The molecule has 0 aliphatic carbocycles. The molecule has 8 heteroatoms. The Kier molecular flexibility index (Phi) is 2.86. The second-order valence-electron chi connectivity index (χ2n) is 1.59. The average molecular weight is 194 g/mol. The molecule has 0 aliphatic heterocycles. The second kappa shape index (κ2) is 2.95. The molecule has 0 radical (unpaired) electrons. The largest absolute Gasteiger partial charge is 0.423 e. The Balaban J connectivity index is 4.74. The van der Waals surface area contributed by atoms with E-state index in [0.717, 1.165) is 0 Å². The fourth-order valence-corrected chi connectivity index (χ4v) is 0.595. The number of ether oxygens (including phenoxy) is 1. The number of methoxy groups -OCH3 is 1. The van der Waals surface area contributed by atoms with Crippen molar-refractivity contribution in [1.29, 1.82) is 0 Å². The van der Waals surface area contributed by atoms with Crippen molar-refractivity contribution in [2.45, 2.75) is 11.5 Å². The van der Waals surface area contributed by atoms with Gasteiger partial charge in [-0.2, -0.15) is 17.2 Å². The van der Waals surface area contributed by atoms with Gasteiger partial charge in [0.25, 0.3) is 0 Å². The second-order valence-corrected chi connectivity index (χ2v) is 3.01. The molecule has 0 aromatic carbocycles. The molecule has 4 nitrogen and oxygen atoms in total. The van der Waals surface area contributed by atoms with Crippen LogP contribution in [0.5, 0.6) is 0 Å². The van der Waals surface area contributed by atoms with E-state index in [4.69, 9.17) is 5.11 Å². The van der Waals surface area contributed by atoms with Gasteiger partial charge in [-0.05, 0) is 0 Å². The van der Waals surface area contributed by atoms with E-state index >= 15 is 0 Å². The van der Waals surface area contributed by atoms with Crippen LogP contribution in [0.4, 0.5) is 12.7 Å². The number of aliphatic hydroxyl groups is 1. The molecule has 0 saturated carbocycles. The third kappa shape index (κ3) is 2.04. The van der Waals surface area contributed by atoms with E-state index in [-0.39, 0.29) is 0 Å². The highest BCUT2D eigenvalue weighted by Crippen LogP contribution is 2.27. The van der Waals surface area contributed by atoms with Crippen molar-refractivity contribution in [3.8, 4) is 0 Å². The van der Waals surface area contributed by atoms with Crippen molar-refractivity contribution in [1.82, 2.24) is 0 Å². The maximum Gasteiger partial charge on any atom is 0.423 e. The van der Waals surface area contributed by atoms with E-state index in [1.54, 1.807) is 0 Å². The van der Waals surface area contributed by atoms with Gasteiger partial charge in [-0.15, -0.1) is 0 Å². The fourth-order valence-electron chi connectivity index (χ4n) is 0.258. The van der Waals surface area contributed by atoms with Gasteiger partial charge >= 0.3 is 15.5 Å². The van der Waals surface area contributed by atoms with Crippen LogP contribution in [0.1, 0.15) is 0 Å². The monoisotopic (exact) mass is 194 g/mol. The zero-order chi connectivity index (χ0) is 9.28. The Bertz CT molecular complexity index is 223. The Morgan fingerprint density at radius 1 is 1.55 bits per heavy atom. The van der Waals surface area contributed by atoms with E-state index in [0.29, 0.717) is 7.11 Å². The van der Waals surface area contributed by atoms with Crippen LogP contribution in [0.25, 0.3) is 0 Å². The van der Waals surface area contributed by atoms with E-state index in [2.05, 4.69) is 4.74 Å². The van der Waals surface area contributed by atoms with E-state index in [1.165, 1.54) is 0 Å². The molecule has 0 aromatic rings. The zero-order valence-electron chi connectivity index (χ0n) is 5.29. The molecule has 0 fully saturated rings. The SMILES string of the molecule is COC(O)C(F)(F)S(=O)(=O)F. The summed E-state index contributed by atoms with van der Waals surface area (Å²) in [5, 5.41) is 3.22. The summed E-state index contributed by atoms with van der Waals surface area (Å²) in [6.07, 6.45) is -2.99. The van der Waals surface area contributed by atoms with Crippen LogP contribution in [-0.2, 0) is 15.0 Å². The van der Waals surface area contributed by atoms with Crippen LogP contribution in [0.2, 0.25) is 0 Å². The minimum Gasteiger partial charge on any atom is -0.362 e. The molecule has 0 saturated heterocycles. The lowest BCUT2D eigenvalue weighted by molar-refractivity contribution is -0.182. The van der Waals surface area contributed by atoms with E-state index in [9.17, 15) is 21.1 Å². The summed E-state index contributed by atoms with van der Waals surface area (Å²) < 4.78 is 58.3. The number of rotatable bonds is 3. The molecule has 11 heavy (non-hydrogen) atoms. The van der Waals surface area contributed by atoms with Gasteiger partial charge in [0, 0.05) is 7.11 Å². The quantitative estimate of drug-likeness (QED) is 0.501. The smallest absolute Gasteiger partial charge is 0.362 e. The Labute approximate surface area is 60.8 Å². The third-order valence-corrected chi connectivity index (χ3v) is 1.69. The number of alkyl halides is 2. The van der Waals surface area contributed by atoms with Crippen molar-refractivity contribution in [2.75, 3.05) is 7.11 Å². The van der Waals surface area contributed by atoms with Gasteiger partial charge in [0.05, 0.1) is 0 Å². The molecule has 0 spiro atoms. The maximum absolute atomic E-state index is 12.0. The zero-order valence-corrected chi connectivity index (χ0v) is 6.11. The molecule has 0 heterocycles. The van der Waals surface area contributed by atoms with Crippen molar-refractivity contribution in [2.24, 2.45) is 0 Å². The fraction of sp³-hybridized carbons (Fsp3) is 1.00. The third-order valence-electron chi connectivity index (χ3n) is 0.836. The van der Waals surface area contributed by atoms with Crippen LogP contribution in [0.15, 0.2) is 0 Å². The summed E-state index contributed by atoms with van der Waals surface area (Å²) in [4.78, 5) is 0. The van der Waals surface area contributed by atoms with E-state index in [1.807, 2.05) is 0 Å². The Morgan fingerprint density at radius 3 is 2.00 bits per heavy atom. The summed E-state index contributed by atoms with van der Waals surface area (Å²) in [5.41, 5.74) is 0. The minimum absolute atomic E-state index is 0.615.